The molecule has 1 amide bonds. The van der Waals surface area contributed by atoms with Gasteiger partial charge in [-0.05, 0) is 67.6 Å². The zero-order chi connectivity index (χ0) is 14.4. The maximum atomic E-state index is 12.6. The Bertz CT molecular complexity index is 547. The summed E-state index contributed by atoms with van der Waals surface area (Å²) in [5.74, 6) is 2.79. The number of hydrogen-bond donors (Lipinski definition) is 2. The molecule has 112 valence electrons. The van der Waals surface area contributed by atoms with Crippen LogP contribution >= 0.6 is 0 Å². The lowest BCUT2D eigenvalue weighted by Gasteiger charge is -2.23. The van der Waals surface area contributed by atoms with Gasteiger partial charge in [-0.1, -0.05) is 18.6 Å². The first-order valence-electron chi connectivity index (χ1n) is 8.32. The van der Waals surface area contributed by atoms with Crippen LogP contribution in [0.15, 0.2) is 24.3 Å². The van der Waals surface area contributed by atoms with E-state index in [2.05, 4.69) is 5.32 Å². The highest BCUT2D eigenvalue weighted by Gasteiger charge is 2.51. The lowest BCUT2D eigenvalue weighted by Crippen LogP contribution is -2.38. The third-order valence-corrected chi connectivity index (χ3v) is 6.06. The van der Waals surface area contributed by atoms with Gasteiger partial charge in [-0.15, -0.1) is 0 Å². The average molecular weight is 284 g/mol. The van der Waals surface area contributed by atoms with Crippen molar-refractivity contribution in [2.24, 2.45) is 17.8 Å². The van der Waals surface area contributed by atoms with E-state index in [1.807, 2.05) is 24.3 Å². The van der Waals surface area contributed by atoms with E-state index in [-0.39, 0.29) is 11.3 Å². The fourth-order valence-corrected chi connectivity index (χ4v) is 4.59. The summed E-state index contributed by atoms with van der Waals surface area (Å²) >= 11 is 0. The summed E-state index contributed by atoms with van der Waals surface area (Å²) in [6.45, 7) is 0.886. The van der Waals surface area contributed by atoms with E-state index in [9.17, 15) is 4.79 Å². The van der Waals surface area contributed by atoms with E-state index < -0.39 is 0 Å². The summed E-state index contributed by atoms with van der Waals surface area (Å²) in [6, 6.07) is 7.83. The minimum atomic E-state index is -0.259. The Morgan fingerprint density at radius 3 is 2.52 bits per heavy atom. The van der Waals surface area contributed by atoms with Gasteiger partial charge in [0, 0.05) is 12.2 Å². The molecule has 0 spiro atoms. The third kappa shape index (κ3) is 2.23. The molecule has 0 heterocycles. The summed E-state index contributed by atoms with van der Waals surface area (Å²) in [4.78, 5) is 12.6. The molecule has 4 rings (SSSR count). The van der Waals surface area contributed by atoms with Gasteiger partial charge in [0.2, 0.25) is 5.91 Å². The third-order valence-electron chi connectivity index (χ3n) is 6.06. The Hall–Kier alpha value is -1.51. The number of benzene rings is 1. The first-order chi connectivity index (χ1) is 10.2. The van der Waals surface area contributed by atoms with Gasteiger partial charge in [0.15, 0.2) is 0 Å². The van der Waals surface area contributed by atoms with E-state index in [4.69, 9.17) is 5.73 Å². The minimum absolute atomic E-state index is 0.232. The van der Waals surface area contributed by atoms with E-state index in [1.54, 1.807) is 0 Å². The van der Waals surface area contributed by atoms with Crippen LogP contribution in [0, 0.1) is 17.8 Å². The number of hydrogen-bond acceptors (Lipinski definition) is 2. The van der Waals surface area contributed by atoms with Crippen LogP contribution in [-0.2, 0) is 10.2 Å². The van der Waals surface area contributed by atoms with Crippen LogP contribution in [0.2, 0.25) is 0 Å². The van der Waals surface area contributed by atoms with Crippen LogP contribution in [-0.4, -0.2) is 12.5 Å². The molecule has 1 aromatic rings. The molecule has 0 aromatic heterocycles. The molecular formula is C18H24N2O. The van der Waals surface area contributed by atoms with E-state index >= 15 is 0 Å². The molecule has 3 aliphatic rings. The molecule has 3 N–H and O–H groups in total. The van der Waals surface area contributed by atoms with Gasteiger partial charge in [0.05, 0.1) is 5.41 Å². The molecule has 2 bridgehead atoms. The zero-order valence-corrected chi connectivity index (χ0v) is 12.5. The quantitative estimate of drug-likeness (QED) is 0.835. The fourth-order valence-electron chi connectivity index (χ4n) is 4.59. The predicted octanol–water partition coefficient (Wildman–Crippen LogP) is 2.85. The van der Waals surface area contributed by atoms with Crippen molar-refractivity contribution in [3.63, 3.8) is 0 Å². The number of carbonyl (C=O) groups excluding carboxylic acids is 1. The number of nitrogens with one attached hydrogen (secondary N) is 1. The van der Waals surface area contributed by atoms with E-state index in [1.165, 1.54) is 25.7 Å². The van der Waals surface area contributed by atoms with Crippen LogP contribution in [0.5, 0.6) is 0 Å². The van der Waals surface area contributed by atoms with Gasteiger partial charge < -0.3 is 11.1 Å². The molecular weight excluding hydrogens is 260 g/mol. The average Bonchev–Trinajstić information content (AvgIpc) is 3.04. The highest BCUT2D eigenvalue weighted by Crippen LogP contribution is 2.50. The maximum absolute atomic E-state index is 12.6. The molecule has 21 heavy (non-hydrogen) atoms. The fraction of sp³-hybridized carbons (Fsp3) is 0.611. The van der Waals surface area contributed by atoms with Crippen molar-refractivity contribution in [3.05, 3.63) is 29.8 Å². The van der Waals surface area contributed by atoms with Crippen molar-refractivity contribution in [2.45, 2.75) is 43.9 Å². The Labute approximate surface area is 126 Å². The Morgan fingerprint density at radius 2 is 1.95 bits per heavy atom. The lowest BCUT2D eigenvalue weighted by atomic mass is 9.88. The number of fused-ring (bicyclic) bond motifs is 2. The van der Waals surface area contributed by atoms with Crippen LogP contribution in [0.4, 0.5) is 5.69 Å². The van der Waals surface area contributed by atoms with Gasteiger partial charge in [-0.2, -0.15) is 0 Å². The molecule has 3 saturated carbocycles. The van der Waals surface area contributed by atoms with Crippen LogP contribution in [0.1, 0.15) is 44.1 Å². The number of nitrogens with two attached hydrogens (primary N) is 1. The first-order valence-corrected chi connectivity index (χ1v) is 8.32. The number of anilines is 1. The summed E-state index contributed by atoms with van der Waals surface area (Å²) in [5, 5.41) is 3.26. The second-order valence-electron chi connectivity index (χ2n) is 7.35. The van der Waals surface area contributed by atoms with Gasteiger partial charge in [0.25, 0.3) is 0 Å². The first kappa shape index (κ1) is 13.2. The Morgan fingerprint density at radius 1 is 1.19 bits per heavy atom. The monoisotopic (exact) mass is 284 g/mol. The lowest BCUT2D eigenvalue weighted by molar-refractivity contribution is -0.123. The summed E-state index contributed by atoms with van der Waals surface area (Å²) in [7, 11) is 0. The second-order valence-corrected chi connectivity index (χ2v) is 7.35. The molecule has 1 aromatic carbocycles. The zero-order valence-electron chi connectivity index (χ0n) is 12.5. The molecule has 0 radical (unpaired) electrons. The molecule has 3 nitrogen and oxygen atoms in total. The highest BCUT2D eigenvalue weighted by atomic mass is 16.2. The predicted molar refractivity (Wildman–Crippen MR) is 83.7 cm³/mol. The molecule has 3 heteroatoms. The van der Waals surface area contributed by atoms with Gasteiger partial charge >= 0.3 is 0 Å². The van der Waals surface area contributed by atoms with Crippen LogP contribution in [0.25, 0.3) is 0 Å². The van der Waals surface area contributed by atoms with Gasteiger partial charge in [-0.3, -0.25) is 4.79 Å². The summed E-state index contributed by atoms with van der Waals surface area (Å²) in [6.07, 6.45) is 7.49. The molecule has 3 aliphatic carbocycles. The smallest absolute Gasteiger partial charge is 0.230 e. The van der Waals surface area contributed by atoms with Gasteiger partial charge in [-0.25, -0.2) is 0 Å². The standard InChI is InChI=1S/C18H24N2O/c19-16-5-3-15(4-6-16)18(7-8-18)17(21)20-11-14-10-12-1-2-13(14)9-12/h3-6,12-14H,1-2,7-11,19H2,(H,20,21). The summed E-state index contributed by atoms with van der Waals surface area (Å²) in [5.41, 5.74) is 7.37. The number of rotatable bonds is 4. The topological polar surface area (TPSA) is 55.1 Å². The molecule has 0 saturated heterocycles. The van der Waals surface area contributed by atoms with Crippen molar-refractivity contribution < 1.29 is 4.79 Å². The SMILES string of the molecule is Nc1ccc(C2(C(=O)NCC3CC4CCC3C4)CC2)cc1. The number of nitrogen functional groups attached to an aromatic ring is 1. The normalized spacial score (nSPS) is 32.1. The van der Waals surface area contributed by atoms with Crippen molar-refractivity contribution in [1.29, 1.82) is 0 Å². The van der Waals surface area contributed by atoms with Crippen molar-refractivity contribution in [3.8, 4) is 0 Å². The van der Waals surface area contributed by atoms with Crippen molar-refractivity contribution >= 4 is 11.6 Å². The second kappa shape index (κ2) is 4.75. The summed E-state index contributed by atoms with van der Waals surface area (Å²) < 4.78 is 0. The molecule has 3 fully saturated rings. The minimum Gasteiger partial charge on any atom is -0.399 e. The molecule has 3 unspecified atom stereocenters. The Balaban J connectivity index is 1.39. The van der Waals surface area contributed by atoms with E-state index in [0.717, 1.165) is 48.4 Å². The van der Waals surface area contributed by atoms with Crippen molar-refractivity contribution in [1.82, 2.24) is 5.32 Å². The Kier molecular flexibility index (Phi) is 2.98. The van der Waals surface area contributed by atoms with Gasteiger partial charge in [0.1, 0.15) is 0 Å². The largest absolute Gasteiger partial charge is 0.399 e. The van der Waals surface area contributed by atoms with E-state index in [0.29, 0.717) is 0 Å². The molecule has 0 aliphatic heterocycles. The molecule has 3 atom stereocenters. The van der Waals surface area contributed by atoms with Crippen LogP contribution < -0.4 is 11.1 Å². The number of amides is 1. The van der Waals surface area contributed by atoms with Crippen molar-refractivity contribution in [2.75, 3.05) is 12.3 Å². The number of carbonyl (C=O) groups is 1. The van der Waals surface area contributed by atoms with Crippen LogP contribution in [0.3, 0.4) is 0 Å². The highest BCUT2D eigenvalue weighted by molar-refractivity contribution is 5.91. The maximum Gasteiger partial charge on any atom is 0.230 e.